The number of nitrogens with one attached hydrogen (secondary N) is 2. The van der Waals surface area contributed by atoms with Crippen LogP contribution in [-0.2, 0) is 0 Å². The first-order valence-electron chi connectivity index (χ1n) is 6.91. The fraction of sp³-hybridized carbons (Fsp3) is 0.250. The van der Waals surface area contributed by atoms with Gasteiger partial charge in [-0.25, -0.2) is 4.39 Å². The number of aromatic nitrogens is 1. The van der Waals surface area contributed by atoms with Crippen LogP contribution < -0.4 is 10.6 Å². The van der Waals surface area contributed by atoms with Gasteiger partial charge in [0.2, 0.25) is 0 Å². The number of benzene rings is 1. The van der Waals surface area contributed by atoms with E-state index in [0.717, 1.165) is 5.56 Å². The summed E-state index contributed by atoms with van der Waals surface area (Å²) in [6.45, 7) is 3.51. The van der Waals surface area contributed by atoms with Crippen LogP contribution in [0, 0.1) is 12.7 Å². The molecule has 0 aliphatic rings. The van der Waals surface area contributed by atoms with Gasteiger partial charge in [0.25, 0.3) is 5.91 Å². The molecule has 2 rings (SSSR count). The molecule has 0 aliphatic heterocycles. The van der Waals surface area contributed by atoms with Crippen LogP contribution in [0.15, 0.2) is 36.7 Å². The number of hydrogen-bond acceptors (Lipinski definition) is 4. The zero-order chi connectivity index (χ0) is 16.1. The number of halogens is 1. The van der Waals surface area contributed by atoms with Crippen LogP contribution in [0.5, 0.6) is 0 Å². The molecule has 3 N–H and O–H groups in total. The largest absolute Gasteiger partial charge is 0.392 e. The third kappa shape index (κ3) is 4.02. The molecule has 0 saturated carbocycles. The van der Waals surface area contributed by atoms with Crippen LogP contribution in [0.25, 0.3) is 0 Å². The number of amides is 1. The summed E-state index contributed by atoms with van der Waals surface area (Å²) in [7, 11) is 0. The Kier molecular flexibility index (Phi) is 5.06. The van der Waals surface area contributed by atoms with Gasteiger partial charge in [0.1, 0.15) is 5.82 Å². The highest BCUT2D eigenvalue weighted by atomic mass is 19.1. The maximum atomic E-state index is 13.9. The van der Waals surface area contributed by atoms with E-state index in [1.807, 2.05) is 0 Å². The zero-order valence-corrected chi connectivity index (χ0v) is 12.4. The Morgan fingerprint density at radius 3 is 2.82 bits per heavy atom. The molecule has 0 fully saturated rings. The van der Waals surface area contributed by atoms with Crippen LogP contribution >= 0.6 is 0 Å². The lowest BCUT2D eigenvalue weighted by molar-refractivity contribution is 0.0925. The molecular formula is C16H18FN3O2. The molecule has 2 aromatic rings. The van der Waals surface area contributed by atoms with Gasteiger partial charge in [0.15, 0.2) is 0 Å². The Balaban J connectivity index is 2.22. The highest BCUT2D eigenvalue weighted by Gasteiger charge is 2.13. The lowest BCUT2D eigenvalue weighted by Crippen LogP contribution is -2.31. The number of aryl methyl sites for hydroxylation is 1. The number of pyridine rings is 1. The lowest BCUT2D eigenvalue weighted by atomic mass is 10.1. The first-order chi connectivity index (χ1) is 10.5. The lowest BCUT2D eigenvalue weighted by Gasteiger charge is -2.13. The van der Waals surface area contributed by atoms with E-state index in [4.69, 9.17) is 0 Å². The Morgan fingerprint density at radius 2 is 2.14 bits per heavy atom. The molecule has 1 heterocycles. The van der Waals surface area contributed by atoms with Crippen molar-refractivity contribution in [3.8, 4) is 0 Å². The van der Waals surface area contributed by atoms with Gasteiger partial charge in [-0.1, -0.05) is 6.07 Å². The molecule has 22 heavy (non-hydrogen) atoms. The number of anilines is 2. The van der Waals surface area contributed by atoms with E-state index in [9.17, 15) is 14.3 Å². The predicted molar refractivity (Wildman–Crippen MR) is 82.7 cm³/mol. The van der Waals surface area contributed by atoms with E-state index in [-0.39, 0.29) is 18.1 Å². The van der Waals surface area contributed by atoms with Crippen molar-refractivity contribution in [2.45, 2.75) is 20.0 Å². The Morgan fingerprint density at radius 1 is 1.36 bits per heavy atom. The van der Waals surface area contributed by atoms with Crippen LogP contribution in [0.1, 0.15) is 22.8 Å². The average molecular weight is 303 g/mol. The SMILES string of the molecule is Cc1ccc(Nc2cnccc2C(=O)NCC(C)O)c(F)c1. The summed E-state index contributed by atoms with van der Waals surface area (Å²) in [5.41, 5.74) is 1.80. The van der Waals surface area contributed by atoms with E-state index in [1.54, 1.807) is 26.0 Å². The quantitative estimate of drug-likeness (QED) is 0.793. The third-order valence-electron chi connectivity index (χ3n) is 3.02. The van der Waals surface area contributed by atoms with Gasteiger partial charge in [0.05, 0.1) is 29.2 Å². The summed E-state index contributed by atoms with van der Waals surface area (Å²) in [5, 5.41) is 14.7. The number of hydrogen-bond donors (Lipinski definition) is 3. The van der Waals surface area contributed by atoms with Gasteiger partial charge in [-0.15, -0.1) is 0 Å². The number of carbonyl (C=O) groups is 1. The summed E-state index contributed by atoms with van der Waals surface area (Å²) in [4.78, 5) is 16.1. The van der Waals surface area contributed by atoms with E-state index in [2.05, 4.69) is 15.6 Å². The van der Waals surface area contributed by atoms with E-state index in [0.29, 0.717) is 11.3 Å². The summed E-state index contributed by atoms with van der Waals surface area (Å²) in [6, 6.07) is 6.32. The van der Waals surface area contributed by atoms with Crippen LogP contribution in [0.3, 0.4) is 0 Å². The van der Waals surface area contributed by atoms with Gasteiger partial charge in [-0.05, 0) is 37.6 Å². The molecule has 1 amide bonds. The molecule has 0 aliphatic carbocycles. The molecule has 0 bridgehead atoms. The first kappa shape index (κ1) is 15.9. The molecule has 1 aromatic carbocycles. The van der Waals surface area contributed by atoms with Gasteiger partial charge < -0.3 is 15.7 Å². The number of aliphatic hydroxyl groups excluding tert-OH is 1. The normalized spacial score (nSPS) is 11.8. The summed E-state index contributed by atoms with van der Waals surface area (Å²) < 4.78 is 13.9. The molecule has 1 aromatic heterocycles. The van der Waals surface area contributed by atoms with Gasteiger partial charge in [0, 0.05) is 12.7 Å². The van der Waals surface area contributed by atoms with Gasteiger partial charge in [-0.3, -0.25) is 9.78 Å². The van der Waals surface area contributed by atoms with Crippen molar-refractivity contribution in [1.82, 2.24) is 10.3 Å². The molecule has 116 valence electrons. The summed E-state index contributed by atoms with van der Waals surface area (Å²) in [5.74, 6) is -0.766. The topological polar surface area (TPSA) is 74.2 Å². The fourth-order valence-electron chi connectivity index (χ4n) is 1.89. The maximum absolute atomic E-state index is 13.9. The molecule has 1 unspecified atom stereocenters. The third-order valence-corrected chi connectivity index (χ3v) is 3.02. The fourth-order valence-corrected chi connectivity index (χ4v) is 1.89. The monoisotopic (exact) mass is 303 g/mol. The Hall–Kier alpha value is -2.47. The van der Waals surface area contributed by atoms with E-state index >= 15 is 0 Å². The Bertz CT molecular complexity index is 674. The van der Waals surface area contributed by atoms with Crippen molar-refractivity contribution in [3.63, 3.8) is 0 Å². The van der Waals surface area contributed by atoms with E-state index in [1.165, 1.54) is 24.5 Å². The highest BCUT2D eigenvalue weighted by molar-refractivity contribution is 6.00. The van der Waals surface area contributed by atoms with Crippen molar-refractivity contribution < 1.29 is 14.3 Å². The second-order valence-corrected chi connectivity index (χ2v) is 5.09. The molecule has 5 nitrogen and oxygen atoms in total. The van der Waals surface area contributed by atoms with Crippen LogP contribution in [-0.4, -0.2) is 28.6 Å². The van der Waals surface area contributed by atoms with Crippen molar-refractivity contribution in [2.75, 3.05) is 11.9 Å². The Labute approximate surface area is 128 Å². The first-order valence-corrected chi connectivity index (χ1v) is 6.91. The number of aliphatic hydroxyl groups is 1. The summed E-state index contributed by atoms with van der Waals surface area (Å²) >= 11 is 0. The second kappa shape index (κ2) is 7.00. The minimum absolute atomic E-state index is 0.138. The van der Waals surface area contributed by atoms with E-state index < -0.39 is 11.9 Å². The molecule has 0 spiro atoms. The molecular weight excluding hydrogens is 285 g/mol. The standard InChI is InChI=1S/C16H18FN3O2/c1-10-3-4-14(13(17)7-10)20-15-9-18-6-5-12(15)16(22)19-8-11(2)21/h3-7,9,11,20-21H,8H2,1-2H3,(H,19,22). The van der Waals surface area contributed by atoms with Crippen molar-refractivity contribution in [3.05, 3.63) is 53.6 Å². The molecule has 0 saturated heterocycles. The van der Waals surface area contributed by atoms with Crippen molar-refractivity contribution >= 4 is 17.3 Å². The number of carbonyl (C=O) groups excluding carboxylic acids is 1. The molecule has 1 atom stereocenters. The maximum Gasteiger partial charge on any atom is 0.253 e. The minimum atomic E-state index is -0.642. The number of nitrogens with zero attached hydrogens (tertiary/aromatic N) is 1. The summed E-state index contributed by atoms with van der Waals surface area (Å²) in [6.07, 6.45) is 2.29. The molecule has 0 radical (unpaired) electrons. The van der Waals surface area contributed by atoms with Crippen LogP contribution in [0.2, 0.25) is 0 Å². The molecule has 6 heteroatoms. The van der Waals surface area contributed by atoms with Gasteiger partial charge in [-0.2, -0.15) is 0 Å². The van der Waals surface area contributed by atoms with Gasteiger partial charge >= 0.3 is 0 Å². The van der Waals surface area contributed by atoms with Crippen molar-refractivity contribution in [1.29, 1.82) is 0 Å². The average Bonchev–Trinajstić information content (AvgIpc) is 2.48. The number of rotatable bonds is 5. The smallest absolute Gasteiger partial charge is 0.253 e. The van der Waals surface area contributed by atoms with Crippen molar-refractivity contribution in [2.24, 2.45) is 0 Å². The minimum Gasteiger partial charge on any atom is -0.392 e. The highest BCUT2D eigenvalue weighted by Crippen LogP contribution is 2.23. The predicted octanol–water partition coefficient (Wildman–Crippen LogP) is 2.38. The van der Waals surface area contributed by atoms with Crippen LogP contribution in [0.4, 0.5) is 15.8 Å². The second-order valence-electron chi connectivity index (χ2n) is 5.09. The zero-order valence-electron chi connectivity index (χ0n) is 12.4.